The van der Waals surface area contributed by atoms with Crippen molar-refractivity contribution in [1.29, 1.82) is 0 Å². The van der Waals surface area contributed by atoms with E-state index >= 15 is 0 Å². The van der Waals surface area contributed by atoms with Gasteiger partial charge < -0.3 is 5.11 Å². The molecule has 21 heavy (non-hydrogen) atoms. The number of para-hydroxylation sites is 1. The van der Waals surface area contributed by atoms with Crippen molar-refractivity contribution >= 4 is 22.5 Å². The summed E-state index contributed by atoms with van der Waals surface area (Å²) in [4.78, 5) is 4.33. The van der Waals surface area contributed by atoms with Crippen LogP contribution in [0.1, 0.15) is 17.2 Å². The van der Waals surface area contributed by atoms with Crippen LogP contribution >= 0.6 is 11.6 Å². The Kier molecular flexibility index (Phi) is 3.86. The van der Waals surface area contributed by atoms with Gasteiger partial charge in [0.25, 0.3) is 0 Å². The number of hydrogen-bond acceptors (Lipinski definition) is 2. The summed E-state index contributed by atoms with van der Waals surface area (Å²) in [6, 6.07) is 13.7. The number of pyridine rings is 1. The number of aromatic nitrogens is 1. The van der Waals surface area contributed by atoms with Crippen molar-refractivity contribution in [1.82, 2.24) is 4.98 Å². The molecule has 0 aliphatic heterocycles. The van der Waals surface area contributed by atoms with E-state index in [2.05, 4.69) is 4.98 Å². The second-order valence-electron chi connectivity index (χ2n) is 4.88. The Morgan fingerprint density at radius 3 is 2.76 bits per heavy atom. The standard InChI is InChI=1S/C17H13ClFNO/c18-15-10-13(19)7-6-12(15)9-16(21)14-5-1-3-11-4-2-8-20-17(11)14/h1-8,10,16,21H,9H2. The summed E-state index contributed by atoms with van der Waals surface area (Å²) in [6.45, 7) is 0. The minimum absolute atomic E-state index is 0.314. The van der Waals surface area contributed by atoms with E-state index in [0.29, 0.717) is 17.0 Å². The normalized spacial score (nSPS) is 12.5. The molecule has 1 N–H and O–H groups in total. The van der Waals surface area contributed by atoms with Gasteiger partial charge in [-0.25, -0.2) is 4.39 Å². The topological polar surface area (TPSA) is 33.1 Å². The number of halogens is 2. The molecule has 4 heteroatoms. The maximum absolute atomic E-state index is 13.1. The van der Waals surface area contributed by atoms with Gasteiger partial charge in [-0.15, -0.1) is 0 Å². The molecular formula is C17H13ClFNO. The van der Waals surface area contributed by atoms with Gasteiger partial charge in [-0.2, -0.15) is 0 Å². The fraction of sp³-hybridized carbons (Fsp3) is 0.118. The van der Waals surface area contributed by atoms with Crippen LogP contribution in [0.4, 0.5) is 4.39 Å². The van der Waals surface area contributed by atoms with Crippen molar-refractivity contribution in [3.63, 3.8) is 0 Å². The molecule has 3 aromatic rings. The first-order valence-corrected chi connectivity index (χ1v) is 6.98. The van der Waals surface area contributed by atoms with E-state index in [9.17, 15) is 9.50 Å². The SMILES string of the molecule is OC(Cc1ccc(F)cc1Cl)c1cccc2cccnc12. The molecule has 0 bridgehead atoms. The zero-order valence-corrected chi connectivity index (χ0v) is 11.9. The van der Waals surface area contributed by atoms with Gasteiger partial charge in [0.05, 0.1) is 11.6 Å². The van der Waals surface area contributed by atoms with Gasteiger partial charge in [0.1, 0.15) is 5.82 Å². The number of aliphatic hydroxyl groups excluding tert-OH is 1. The molecule has 1 aromatic heterocycles. The Bertz CT molecular complexity index is 785. The lowest BCUT2D eigenvalue weighted by Gasteiger charge is -2.14. The summed E-state index contributed by atoms with van der Waals surface area (Å²) in [5, 5.41) is 11.8. The average Bonchev–Trinajstić information content (AvgIpc) is 2.49. The molecule has 1 atom stereocenters. The van der Waals surface area contributed by atoms with Crippen molar-refractivity contribution < 1.29 is 9.50 Å². The molecule has 1 unspecified atom stereocenters. The van der Waals surface area contributed by atoms with E-state index in [-0.39, 0.29) is 5.82 Å². The van der Waals surface area contributed by atoms with Crippen LogP contribution in [-0.2, 0) is 6.42 Å². The zero-order chi connectivity index (χ0) is 14.8. The lowest BCUT2D eigenvalue weighted by molar-refractivity contribution is 0.180. The van der Waals surface area contributed by atoms with Gasteiger partial charge in [-0.3, -0.25) is 4.98 Å². The molecule has 0 radical (unpaired) electrons. The van der Waals surface area contributed by atoms with E-state index < -0.39 is 6.10 Å². The number of fused-ring (bicyclic) bond motifs is 1. The van der Waals surface area contributed by atoms with Crippen LogP contribution in [0.25, 0.3) is 10.9 Å². The predicted molar refractivity (Wildman–Crippen MR) is 81.8 cm³/mol. The highest BCUT2D eigenvalue weighted by Crippen LogP contribution is 2.27. The van der Waals surface area contributed by atoms with E-state index in [4.69, 9.17) is 11.6 Å². The highest BCUT2D eigenvalue weighted by atomic mass is 35.5. The van der Waals surface area contributed by atoms with E-state index in [1.54, 1.807) is 12.3 Å². The van der Waals surface area contributed by atoms with Crippen molar-refractivity contribution in [2.75, 3.05) is 0 Å². The summed E-state index contributed by atoms with van der Waals surface area (Å²) in [5.74, 6) is -0.384. The number of nitrogens with zero attached hydrogens (tertiary/aromatic N) is 1. The van der Waals surface area contributed by atoms with Gasteiger partial charge in [-0.1, -0.05) is 41.9 Å². The van der Waals surface area contributed by atoms with E-state index in [1.807, 2.05) is 30.3 Å². The molecule has 3 rings (SSSR count). The highest BCUT2D eigenvalue weighted by molar-refractivity contribution is 6.31. The third-order valence-electron chi connectivity index (χ3n) is 3.45. The minimum atomic E-state index is -0.744. The number of benzene rings is 2. The Morgan fingerprint density at radius 1 is 1.14 bits per heavy atom. The fourth-order valence-corrected chi connectivity index (χ4v) is 2.65. The minimum Gasteiger partial charge on any atom is -0.388 e. The first kappa shape index (κ1) is 14.0. The molecular weight excluding hydrogens is 289 g/mol. The highest BCUT2D eigenvalue weighted by Gasteiger charge is 2.14. The smallest absolute Gasteiger partial charge is 0.124 e. The van der Waals surface area contributed by atoms with Gasteiger partial charge >= 0.3 is 0 Å². The van der Waals surface area contributed by atoms with Crippen molar-refractivity contribution in [3.8, 4) is 0 Å². The summed E-state index contributed by atoms with van der Waals surface area (Å²) in [6.07, 6.45) is 1.27. The van der Waals surface area contributed by atoms with Crippen molar-refractivity contribution in [2.45, 2.75) is 12.5 Å². The number of hydrogen-bond donors (Lipinski definition) is 1. The zero-order valence-electron chi connectivity index (χ0n) is 11.1. The third kappa shape index (κ3) is 2.89. The molecule has 0 fully saturated rings. The summed E-state index contributed by atoms with van der Waals surface area (Å²) in [7, 11) is 0. The first-order valence-electron chi connectivity index (χ1n) is 6.61. The molecule has 1 heterocycles. The summed E-state index contributed by atoms with van der Waals surface area (Å²) >= 11 is 6.01. The largest absolute Gasteiger partial charge is 0.388 e. The molecule has 106 valence electrons. The monoisotopic (exact) mass is 301 g/mol. The molecule has 0 spiro atoms. The molecule has 0 saturated carbocycles. The molecule has 0 aliphatic rings. The number of aliphatic hydroxyl groups is 1. The van der Waals surface area contributed by atoms with Crippen molar-refractivity contribution in [3.05, 3.63) is 76.7 Å². The van der Waals surface area contributed by atoms with Gasteiger partial charge in [0.15, 0.2) is 0 Å². The maximum Gasteiger partial charge on any atom is 0.124 e. The maximum atomic E-state index is 13.1. The van der Waals surface area contributed by atoms with Gasteiger partial charge in [0.2, 0.25) is 0 Å². The van der Waals surface area contributed by atoms with Crippen LogP contribution in [0.15, 0.2) is 54.7 Å². The van der Waals surface area contributed by atoms with Crippen LogP contribution in [0.5, 0.6) is 0 Å². The Hall–Kier alpha value is -1.97. The molecule has 0 saturated heterocycles. The molecule has 2 nitrogen and oxygen atoms in total. The lowest BCUT2D eigenvalue weighted by atomic mass is 9.99. The molecule has 0 amide bonds. The average molecular weight is 302 g/mol. The quantitative estimate of drug-likeness (QED) is 0.782. The Labute approximate surface area is 126 Å². The lowest BCUT2D eigenvalue weighted by Crippen LogP contribution is -2.04. The van der Waals surface area contributed by atoms with Gasteiger partial charge in [0, 0.05) is 28.6 Å². The summed E-state index contributed by atoms with van der Waals surface area (Å²) < 4.78 is 13.1. The van der Waals surface area contributed by atoms with Crippen LogP contribution in [0.3, 0.4) is 0 Å². The van der Waals surface area contributed by atoms with E-state index in [0.717, 1.165) is 16.5 Å². The Morgan fingerprint density at radius 2 is 1.95 bits per heavy atom. The predicted octanol–water partition coefficient (Wildman–Crippen LogP) is 4.30. The van der Waals surface area contributed by atoms with Gasteiger partial charge in [-0.05, 0) is 23.8 Å². The van der Waals surface area contributed by atoms with Crippen LogP contribution in [0.2, 0.25) is 5.02 Å². The third-order valence-corrected chi connectivity index (χ3v) is 3.80. The van der Waals surface area contributed by atoms with Crippen molar-refractivity contribution in [2.24, 2.45) is 0 Å². The summed E-state index contributed by atoms with van der Waals surface area (Å²) in [5.41, 5.74) is 2.22. The first-order chi connectivity index (χ1) is 10.1. The van der Waals surface area contributed by atoms with Crippen LogP contribution in [0, 0.1) is 5.82 Å². The van der Waals surface area contributed by atoms with E-state index in [1.165, 1.54) is 12.1 Å². The second kappa shape index (κ2) is 5.80. The fourth-order valence-electron chi connectivity index (χ4n) is 2.40. The molecule has 0 aliphatic carbocycles. The number of rotatable bonds is 3. The van der Waals surface area contributed by atoms with Crippen LogP contribution < -0.4 is 0 Å². The molecule has 2 aromatic carbocycles. The Balaban J connectivity index is 1.95. The second-order valence-corrected chi connectivity index (χ2v) is 5.29. The van der Waals surface area contributed by atoms with Crippen LogP contribution in [-0.4, -0.2) is 10.1 Å².